The van der Waals surface area contributed by atoms with E-state index < -0.39 is 6.10 Å². The Morgan fingerprint density at radius 3 is 2.67 bits per heavy atom. The lowest BCUT2D eigenvalue weighted by Gasteiger charge is -2.16. The number of rotatable bonds is 10. The SMILES string of the molecule is COCCN(C)C(=O)c1ccc(CCNC[C@H](O)c2ccc(Cl)nc2)cc1. The lowest BCUT2D eigenvalue weighted by atomic mass is 10.1. The number of amides is 1. The fourth-order valence-corrected chi connectivity index (χ4v) is 2.65. The number of hydrogen-bond acceptors (Lipinski definition) is 5. The van der Waals surface area contributed by atoms with Crippen LogP contribution < -0.4 is 5.32 Å². The average Bonchev–Trinajstić information content (AvgIpc) is 2.69. The lowest BCUT2D eigenvalue weighted by Crippen LogP contribution is -2.29. The Hall–Kier alpha value is -1.99. The Bertz CT molecular complexity index is 707. The Morgan fingerprint density at radius 1 is 1.30 bits per heavy atom. The predicted octanol–water partition coefficient (Wildman–Crippen LogP) is 2.32. The van der Waals surface area contributed by atoms with Gasteiger partial charge in [-0.25, -0.2) is 4.98 Å². The molecule has 1 heterocycles. The molecule has 0 fully saturated rings. The number of carbonyl (C=O) groups is 1. The molecule has 0 spiro atoms. The van der Waals surface area contributed by atoms with Crippen LogP contribution in [0.5, 0.6) is 0 Å². The van der Waals surface area contributed by atoms with E-state index in [4.69, 9.17) is 16.3 Å². The molecule has 0 saturated carbocycles. The highest BCUT2D eigenvalue weighted by Gasteiger charge is 2.11. The van der Waals surface area contributed by atoms with Crippen molar-refractivity contribution in [3.8, 4) is 0 Å². The fraction of sp³-hybridized carbons (Fsp3) is 0.400. The first-order chi connectivity index (χ1) is 13.0. The second-order valence-corrected chi connectivity index (χ2v) is 6.69. The second kappa shape index (κ2) is 11.0. The molecule has 0 aliphatic heterocycles. The van der Waals surface area contributed by atoms with Gasteiger partial charge in [-0.1, -0.05) is 29.8 Å². The summed E-state index contributed by atoms with van der Waals surface area (Å²) in [6.07, 6.45) is 1.76. The van der Waals surface area contributed by atoms with Crippen molar-refractivity contribution in [3.05, 3.63) is 64.4 Å². The number of benzene rings is 1. The van der Waals surface area contributed by atoms with E-state index in [9.17, 15) is 9.90 Å². The number of halogens is 1. The highest BCUT2D eigenvalue weighted by Crippen LogP contribution is 2.13. The molecule has 2 N–H and O–H groups in total. The summed E-state index contributed by atoms with van der Waals surface area (Å²) in [7, 11) is 3.38. The van der Waals surface area contributed by atoms with Gasteiger partial charge in [0.15, 0.2) is 0 Å². The molecule has 27 heavy (non-hydrogen) atoms. The zero-order valence-electron chi connectivity index (χ0n) is 15.7. The third-order valence-electron chi connectivity index (χ3n) is 4.24. The van der Waals surface area contributed by atoms with Gasteiger partial charge in [0.25, 0.3) is 5.91 Å². The third kappa shape index (κ3) is 6.92. The number of methoxy groups -OCH3 is 1. The highest BCUT2D eigenvalue weighted by molar-refractivity contribution is 6.29. The van der Waals surface area contributed by atoms with E-state index in [0.717, 1.165) is 24.1 Å². The Morgan fingerprint density at radius 2 is 2.04 bits per heavy atom. The number of aliphatic hydroxyl groups is 1. The molecule has 2 aromatic rings. The quantitative estimate of drug-likeness (QED) is 0.480. The monoisotopic (exact) mass is 391 g/mol. The zero-order valence-corrected chi connectivity index (χ0v) is 16.4. The molecule has 146 valence electrons. The van der Waals surface area contributed by atoms with Crippen LogP contribution in [0.15, 0.2) is 42.6 Å². The fourth-order valence-electron chi connectivity index (χ4n) is 2.54. The molecule has 1 atom stereocenters. The Labute approximate surface area is 165 Å². The summed E-state index contributed by atoms with van der Waals surface area (Å²) in [5.74, 6) is -0.0172. The first-order valence-electron chi connectivity index (χ1n) is 8.85. The zero-order chi connectivity index (χ0) is 19.6. The van der Waals surface area contributed by atoms with Crippen LogP contribution in [0, 0.1) is 0 Å². The van der Waals surface area contributed by atoms with Crippen LogP contribution in [0.25, 0.3) is 0 Å². The maximum absolute atomic E-state index is 12.3. The number of likely N-dealkylation sites (N-methyl/N-ethyl adjacent to an activating group) is 1. The molecule has 0 aliphatic rings. The summed E-state index contributed by atoms with van der Waals surface area (Å²) in [6, 6.07) is 11.0. The normalized spacial score (nSPS) is 12.0. The minimum absolute atomic E-state index is 0.0172. The van der Waals surface area contributed by atoms with E-state index in [1.165, 1.54) is 0 Å². The van der Waals surface area contributed by atoms with Gasteiger partial charge in [-0.2, -0.15) is 0 Å². The number of nitrogens with zero attached hydrogens (tertiary/aromatic N) is 2. The van der Waals surface area contributed by atoms with Gasteiger partial charge < -0.3 is 20.1 Å². The summed E-state index contributed by atoms with van der Waals surface area (Å²) in [5, 5.41) is 13.8. The molecule has 0 unspecified atom stereocenters. The Balaban J connectivity index is 1.75. The summed E-state index contributed by atoms with van der Waals surface area (Å²) >= 11 is 5.74. The number of aromatic nitrogens is 1. The molecule has 6 nitrogen and oxygen atoms in total. The van der Waals surface area contributed by atoms with Crippen LogP contribution in [0.1, 0.15) is 27.6 Å². The molecule has 1 amide bonds. The van der Waals surface area contributed by atoms with Crippen LogP contribution >= 0.6 is 11.6 Å². The minimum atomic E-state index is -0.627. The second-order valence-electron chi connectivity index (χ2n) is 6.30. The van der Waals surface area contributed by atoms with Gasteiger partial charge in [0, 0.05) is 44.6 Å². The summed E-state index contributed by atoms with van der Waals surface area (Å²) in [4.78, 5) is 17.9. The van der Waals surface area contributed by atoms with Crippen LogP contribution in [0.4, 0.5) is 0 Å². The molecule has 0 bridgehead atoms. The molecular weight excluding hydrogens is 366 g/mol. The van der Waals surface area contributed by atoms with Crippen molar-refractivity contribution in [1.29, 1.82) is 0 Å². The smallest absolute Gasteiger partial charge is 0.253 e. The standard InChI is InChI=1S/C20H26ClN3O3/c1-24(11-12-27-2)20(26)16-5-3-15(4-6-16)9-10-22-14-18(25)17-7-8-19(21)23-13-17/h3-8,13,18,22,25H,9-12,14H2,1-2H3/t18-/m0/s1. The van der Waals surface area contributed by atoms with Crippen molar-refractivity contribution in [2.24, 2.45) is 0 Å². The van der Waals surface area contributed by atoms with Gasteiger partial charge in [0.05, 0.1) is 12.7 Å². The van der Waals surface area contributed by atoms with Crippen molar-refractivity contribution in [2.75, 3.05) is 40.4 Å². The predicted molar refractivity (Wildman–Crippen MR) is 106 cm³/mol. The van der Waals surface area contributed by atoms with Gasteiger partial charge in [0.1, 0.15) is 5.15 Å². The van der Waals surface area contributed by atoms with Crippen molar-refractivity contribution in [2.45, 2.75) is 12.5 Å². The first-order valence-corrected chi connectivity index (χ1v) is 9.22. The molecule has 2 rings (SSSR count). The number of aliphatic hydroxyl groups excluding tert-OH is 1. The van der Waals surface area contributed by atoms with Crippen LogP contribution in [-0.4, -0.2) is 61.3 Å². The Kier molecular flexibility index (Phi) is 8.67. The molecule has 1 aromatic carbocycles. The molecule has 0 radical (unpaired) electrons. The molecule has 0 saturated heterocycles. The van der Waals surface area contributed by atoms with Crippen LogP contribution in [-0.2, 0) is 11.2 Å². The van der Waals surface area contributed by atoms with Gasteiger partial charge >= 0.3 is 0 Å². The van der Waals surface area contributed by atoms with E-state index in [2.05, 4.69) is 10.3 Å². The highest BCUT2D eigenvalue weighted by atomic mass is 35.5. The lowest BCUT2D eigenvalue weighted by molar-refractivity contribution is 0.0744. The van der Waals surface area contributed by atoms with Gasteiger partial charge in [0.2, 0.25) is 0 Å². The van der Waals surface area contributed by atoms with E-state index >= 15 is 0 Å². The van der Waals surface area contributed by atoms with E-state index in [0.29, 0.717) is 30.4 Å². The van der Waals surface area contributed by atoms with E-state index in [1.54, 1.807) is 37.4 Å². The molecule has 1 aromatic heterocycles. The van der Waals surface area contributed by atoms with Crippen LogP contribution in [0.3, 0.4) is 0 Å². The maximum atomic E-state index is 12.3. The maximum Gasteiger partial charge on any atom is 0.253 e. The van der Waals surface area contributed by atoms with Gasteiger partial charge in [-0.05, 0) is 36.7 Å². The van der Waals surface area contributed by atoms with Gasteiger partial charge in [-0.3, -0.25) is 4.79 Å². The summed E-state index contributed by atoms with van der Waals surface area (Å²) in [5.41, 5.74) is 2.52. The average molecular weight is 392 g/mol. The van der Waals surface area contributed by atoms with E-state index in [1.807, 2.05) is 24.3 Å². The number of pyridine rings is 1. The largest absolute Gasteiger partial charge is 0.387 e. The van der Waals surface area contributed by atoms with Gasteiger partial charge in [-0.15, -0.1) is 0 Å². The first kappa shape index (κ1) is 21.3. The molecular formula is C20H26ClN3O3. The molecule has 0 aliphatic carbocycles. The summed E-state index contributed by atoms with van der Waals surface area (Å²) < 4.78 is 4.99. The minimum Gasteiger partial charge on any atom is -0.387 e. The number of ether oxygens (including phenoxy) is 1. The number of carbonyl (C=O) groups excluding carboxylic acids is 1. The van der Waals surface area contributed by atoms with Crippen molar-refractivity contribution < 1.29 is 14.6 Å². The van der Waals surface area contributed by atoms with Crippen molar-refractivity contribution in [1.82, 2.24) is 15.2 Å². The number of nitrogens with one attached hydrogen (secondary N) is 1. The van der Waals surface area contributed by atoms with Crippen molar-refractivity contribution >= 4 is 17.5 Å². The molecule has 7 heteroatoms. The number of hydrogen-bond donors (Lipinski definition) is 2. The van der Waals surface area contributed by atoms with Crippen molar-refractivity contribution in [3.63, 3.8) is 0 Å². The van der Waals surface area contributed by atoms with E-state index in [-0.39, 0.29) is 5.91 Å². The summed E-state index contributed by atoms with van der Waals surface area (Å²) in [6.45, 7) is 2.24. The van der Waals surface area contributed by atoms with Crippen LogP contribution in [0.2, 0.25) is 5.15 Å². The topological polar surface area (TPSA) is 74.7 Å². The third-order valence-corrected chi connectivity index (χ3v) is 4.47.